The van der Waals surface area contributed by atoms with Crippen LogP contribution in [-0.2, 0) is 23.9 Å². The van der Waals surface area contributed by atoms with Crippen LogP contribution in [0.3, 0.4) is 0 Å². The quantitative estimate of drug-likeness (QED) is 0.150. The summed E-state index contributed by atoms with van der Waals surface area (Å²) >= 11 is 0. The van der Waals surface area contributed by atoms with Gasteiger partial charge >= 0.3 is 12.2 Å². The third kappa shape index (κ3) is 8.93. The zero-order chi connectivity index (χ0) is 42.0. The Balaban J connectivity index is 0.789. The van der Waals surface area contributed by atoms with Gasteiger partial charge in [-0.05, 0) is 80.5 Å². The second-order valence-corrected chi connectivity index (χ2v) is 15.4. The van der Waals surface area contributed by atoms with Crippen molar-refractivity contribution in [3.05, 3.63) is 88.9 Å². The molecule has 0 bridgehead atoms. The lowest BCUT2D eigenvalue weighted by atomic mass is 9.85. The number of anilines is 5. The lowest BCUT2D eigenvalue weighted by Gasteiger charge is -2.38. The summed E-state index contributed by atoms with van der Waals surface area (Å²) in [6.45, 7) is 5.26. The molecule has 0 unspecified atom stereocenters. The molecule has 8 rings (SSSR count). The summed E-state index contributed by atoms with van der Waals surface area (Å²) in [6.07, 6.45) is 2.39. The number of nitrogens with zero attached hydrogens (tertiary/aromatic N) is 9. The summed E-state index contributed by atoms with van der Waals surface area (Å²) in [4.78, 5) is 62.0. The molecule has 4 aliphatic rings. The Morgan fingerprint density at radius 2 is 1.68 bits per heavy atom. The van der Waals surface area contributed by atoms with Crippen LogP contribution in [0.25, 0.3) is 0 Å². The Morgan fingerprint density at radius 1 is 0.900 bits per heavy atom. The van der Waals surface area contributed by atoms with Crippen LogP contribution < -0.4 is 30.7 Å². The van der Waals surface area contributed by atoms with E-state index < -0.39 is 35.2 Å². The number of alkyl halides is 3. The highest BCUT2D eigenvalue weighted by Gasteiger charge is 2.35. The van der Waals surface area contributed by atoms with Gasteiger partial charge in [0.2, 0.25) is 11.9 Å². The van der Waals surface area contributed by atoms with Crippen molar-refractivity contribution in [2.45, 2.75) is 57.3 Å². The molecule has 312 valence electrons. The van der Waals surface area contributed by atoms with E-state index in [9.17, 15) is 27.6 Å². The number of hydrogen-bond donors (Lipinski definition) is 3. The predicted octanol–water partition coefficient (Wildman–Crippen LogP) is 5.16. The monoisotopic (exact) mass is 826 g/mol. The minimum atomic E-state index is -4.68. The van der Waals surface area contributed by atoms with Crippen molar-refractivity contribution in [3.8, 4) is 6.07 Å². The van der Waals surface area contributed by atoms with Crippen LogP contribution >= 0.6 is 0 Å². The third-order valence-corrected chi connectivity index (χ3v) is 11.6. The minimum absolute atomic E-state index is 0.0789. The molecule has 3 aliphatic heterocycles. The molecule has 19 heteroatoms. The van der Waals surface area contributed by atoms with Gasteiger partial charge in [0.05, 0.1) is 46.9 Å². The number of halogens is 4. The Bertz CT molecular complexity index is 2310. The van der Waals surface area contributed by atoms with E-state index in [-0.39, 0.29) is 36.3 Å². The third-order valence-electron chi connectivity index (χ3n) is 11.6. The van der Waals surface area contributed by atoms with Gasteiger partial charge in [-0.15, -0.1) is 0 Å². The normalized spacial score (nSPS) is 19.9. The van der Waals surface area contributed by atoms with Gasteiger partial charge in [0.25, 0.3) is 5.91 Å². The van der Waals surface area contributed by atoms with Gasteiger partial charge in [-0.25, -0.2) is 24.7 Å². The number of hydrogen-bond acceptors (Lipinski definition) is 12. The van der Waals surface area contributed by atoms with Gasteiger partial charge in [-0.1, -0.05) is 0 Å². The van der Waals surface area contributed by atoms with Crippen LogP contribution in [0.5, 0.6) is 0 Å². The highest BCUT2D eigenvalue weighted by Crippen LogP contribution is 2.36. The zero-order valence-corrected chi connectivity index (χ0v) is 32.5. The van der Waals surface area contributed by atoms with Crippen molar-refractivity contribution in [3.63, 3.8) is 0 Å². The number of aromatic nitrogens is 4. The maximum atomic E-state index is 15.3. The Hall–Kier alpha value is -6.42. The molecule has 3 aromatic heterocycles. The molecule has 4 aromatic rings. The van der Waals surface area contributed by atoms with Crippen LogP contribution in [0.4, 0.5) is 51.2 Å². The van der Waals surface area contributed by atoms with Crippen molar-refractivity contribution in [2.24, 2.45) is 5.92 Å². The van der Waals surface area contributed by atoms with E-state index in [2.05, 4.69) is 45.7 Å². The summed E-state index contributed by atoms with van der Waals surface area (Å²) in [5.41, 5.74) is 0.639. The van der Waals surface area contributed by atoms with E-state index in [1.807, 2.05) is 12.1 Å². The number of nitriles is 1. The van der Waals surface area contributed by atoms with Crippen LogP contribution in [-0.4, -0.2) is 94.5 Å². The second-order valence-electron chi connectivity index (χ2n) is 15.4. The maximum absolute atomic E-state index is 15.3. The number of benzene rings is 1. The number of imide groups is 1. The Labute approximate surface area is 342 Å². The van der Waals surface area contributed by atoms with Gasteiger partial charge < -0.3 is 20.4 Å². The first-order valence-electron chi connectivity index (χ1n) is 19.9. The van der Waals surface area contributed by atoms with E-state index in [4.69, 9.17) is 5.26 Å². The van der Waals surface area contributed by atoms with Gasteiger partial charge in [-0.2, -0.15) is 22.8 Å². The molecule has 1 aromatic carbocycles. The Kier molecular flexibility index (Phi) is 11.5. The average molecular weight is 827 g/mol. The fraction of sp³-hybridized carbons (Fsp3) is 0.415. The van der Waals surface area contributed by atoms with Crippen molar-refractivity contribution < 1.29 is 31.9 Å². The number of amides is 4. The molecule has 2 saturated heterocycles. The van der Waals surface area contributed by atoms with Crippen LogP contribution in [0.15, 0.2) is 55.0 Å². The molecule has 60 heavy (non-hydrogen) atoms. The fourth-order valence-corrected chi connectivity index (χ4v) is 8.35. The molecule has 3 fully saturated rings. The summed E-state index contributed by atoms with van der Waals surface area (Å²) < 4.78 is 56.1. The van der Waals surface area contributed by atoms with Crippen LogP contribution in [0.1, 0.15) is 64.8 Å². The van der Waals surface area contributed by atoms with E-state index in [0.717, 1.165) is 76.4 Å². The topological polar surface area (TPSA) is 176 Å². The van der Waals surface area contributed by atoms with Gasteiger partial charge in [0, 0.05) is 69.5 Å². The second kappa shape index (κ2) is 17.0. The van der Waals surface area contributed by atoms with Crippen LogP contribution in [0.2, 0.25) is 0 Å². The predicted molar refractivity (Wildman–Crippen MR) is 212 cm³/mol. The Morgan fingerprint density at radius 3 is 2.38 bits per heavy atom. The van der Waals surface area contributed by atoms with Gasteiger partial charge in [0.1, 0.15) is 23.8 Å². The molecular formula is C41H42F4N12O3. The van der Waals surface area contributed by atoms with E-state index in [0.29, 0.717) is 53.9 Å². The number of fused-ring (bicyclic) bond motifs is 1. The largest absolute Gasteiger partial charge is 0.417 e. The average Bonchev–Trinajstić information content (AvgIpc) is 3.24. The van der Waals surface area contributed by atoms with Crippen LogP contribution in [0, 0.1) is 23.2 Å². The molecule has 0 radical (unpaired) electrons. The van der Waals surface area contributed by atoms with E-state index in [1.165, 1.54) is 29.4 Å². The first kappa shape index (κ1) is 40.4. The number of pyridine rings is 2. The molecule has 6 heterocycles. The first-order chi connectivity index (χ1) is 28.9. The summed E-state index contributed by atoms with van der Waals surface area (Å²) in [5.74, 6) is 0.111. The standard InChI is InChI=1S/C41H42F4N12O3/c42-37-31(8-9-34(51-37)52-38-30-11-13-56(23-33(30)48-24-49-38)28-6-3-26(20-46)32(19-28)41(43,44)45)39(59)50-27-4-1-25(2-5-27)22-54-15-17-55(18-16-54)35-10-7-29(21-47-35)57-14-12-36(58)53-40(57)60/h3,6-10,19,21,24-25,27H,1-2,4-5,11-18,22-23H2,(H,50,59)(H,53,58,60)(H,48,49,51,52). The molecule has 4 amide bonds. The lowest BCUT2D eigenvalue weighted by molar-refractivity contribution is -0.137. The minimum Gasteiger partial charge on any atom is -0.365 e. The van der Waals surface area contributed by atoms with Crippen molar-refractivity contribution in [1.82, 2.24) is 35.5 Å². The molecule has 1 saturated carbocycles. The van der Waals surface area contributed by atoms with Crippen molar-refractivity contribution >= 4 is 46.7 Å². The molecule has 3 N–H and O–H groups in total. The molecule has 0 spiro atoms. The number of piperazine rings is 1. The number of urea groups is 1. The number of nitrogens with one attached hydrogen (secondary N) is 3. The number of rotatable bonds is 9. The molecule has 15 nitrogen and oxygen atoms in total. The lowest BCUT2D eigenvalue weighted by Crippen LogP contribution is -2.50. The van der Waals surface area contributed by atoms with Crippen molar-refractivity contribution in [2.75, 3.05) is 65.8 Å². The maximum Gasteiger partial charge on any atom is 0.417 e. The molecule has 1 aliphatic carbocycles. The summed E-state index contributed by atoms with van der Waals surface area (Å²) in [6, 6.07) is 11.3. The number of carbonyl (C=O) groups is 3. The van der Waals surface area contributed by atoms with E-state index in [1.54, 1.807) is 17.2 Å². The smallest absolute Gasteiger partial charge is 0.365 e. The number of carbonyl (C=O) groups excluding carboxylic acids is 3. The summed E-state index contributed by atoms with van der Waals surface area (Å²) in [7, 11) is 0. The van der Waals surface area contributed by atoms with Crippen molar-refractivity contribution in [1.29, 1.82) is 5.26 Å². The van der Waals surface area contributed by atoms with Gasteiger partial charge in [0.15, 0.2) is 0 Å². The van der Waals surface area contributed by atoms with Gasteiger partial charge in [-0.3, -0.25) is 24.7 Å². The zero-order valence-electron chi connectivity index (χ0n) is 32.5. The summed E-state index contributed by atoms with van der Waals surface area (Å²) in [5, 5.41) is 17.5. The highest BCUT2D eigenvalue weighted by molar-refractivity contribution is 6.05. The SMILES string of the molecule is N#Cc1ccc(N2CCc3c(ncnc3Nc3ccc(C(=O)NC4CCC(CN5CCN(c6ccc(N7CCC(=O)NC7=O)cn6)CC5)CC4)c(F)n3)C2)cc1C(F)(F)F. The van der Waals surface area contributed by atoms with E-state index >= 15 is 4.39 Å². The molecular weight excluding hydrogens is 785 g/mol. The first-order valence-corrected chi connectivity index (χ1v) is 19.9. The fourth-order valence-electron chi connectivity index (χ4n) is 8.35. The molecule has 0 atom stereocenters. The highest BCUT2D eigenvalue weighted by atomic mass is 19.4.